The predicted octanol–water partition coefficient (Wildman–Crippen LogP) is 1.72. The van der Waals surface area contributed by atoms with E-state index in [1.54, 1.807) is 0 Å². The maximum absolute atomic E-state index is 5.81. The number of nitrogens with one attached hydrogen (secondary N) is 1. The van der Waals surface area contributed by atoms with Crippen LogP contribution in [0.3, 0.4) is 0 Å². The summed E-state index contributed by atoms with van der Waals surface area (Å²) < 4.78 is 0. The summed E-state index contributed by atoms with van der Waals surface area (Å²) in [4.78, 5) is 0. The van der Waals surface area contributed by atoms with Gasteiger partial charge >= 0.3 is 0 Å². The van der Waals surface area contributed by atoms with Crippen molar-refractivity contribution in [3.05, 3.63) is 59.0 Å². The van der Waals surface area contributed by atoms with E-state index in [1.807, 2.05) is 13.8 Å². The highest BCUT2D eigenvalue weighted by Gasteiger charge is 2.23. The minimum Gasteiger partial charge on any atom is -0.397 e. The third-order valence-corrected chi connectivity index (χ3v) is 2.85. The highest BCUT2D eigenvalue weighted by Crippen LogP contribution is 2.31. The fraction of sp³-hybridized carbons (Fsp3) is 0.286. The molecule has 0 fully saturated rings. The van der Waals surface area contributed by atoms with Crippen LogP contribution in [0.1, 0.15) is 13.8 Å². The first-order valence-electron chi connectivity index (χ1n) is 5.66. The molecule has 0 heterocycles. The molecule has 0 spiro atoms. The SMILES string of the molecule is C=C1C(=C)C(NCC(/C=C(\C)CN)=C/C)=C1N. The van der Waals surface area contributed by atoms with Crippen LogP contribution in [0.4, 0.5) is 0 Å². The summed E-state index contributed by atoms with van der Waals surface area (Å²) in [7, 11) is 0. The maximum Gasteiger partial charge on any atom is 0.0657 e. The summed E-state index contributed by atoms with van der Waals surface area (Å²) in [6, 6.07) is 0. The van der Waals surface area contributed by atoms with Crippen molar-refractivity contribution in [1.82, 2.24) is 5.32 Å². The van der Waals surface area contributed by atoms with Gasteiger partial charge in [-0.2, -0.15) is 0 Å². The lowest BCUT2D eigenvalue weighted by Gasteiger charge is -2.27. The Morgan fingerprint density at radius 1 is 1.35 bits per heavy atom. The Balaban J connectivity index is 2.63. The lowest BCUT2D eigenvalue weighted by molar-refractivity contribution is 0.848. The van der Waals surface area contributed by atoms with Crippen LogP contribution in [-0.2, 0) is 0 Å². The van der Waals surface area contributed by atoms with E-state index in [4.69, 9.17) is 11.5 Å². The van der Waals surface area contributed by atoms with Crippen LogP contribution in [0.2, 0.25) is 0 Å². The van der Waals surface area contributed by atoms with Gasteiger partial charge in [-0.15, -0.1) is 0 Å². The summed E-state index contributed by atoms with van der Waals surface area (Å²) >= 11 is 0. The molecule has 3 heteroatoms. The molecule has 1 rings (SSSR count). The molecule has 0 unspecified atom stereocenters. The van der Waals surface area contributed by atoms with Crippen LogP contribution in [0.25, 0.3) is 0 Å². The first kappa shape index (κ1) is 13.3. The molecular weight excluding hydrogens is 210 g/mol. The number of hydrogen-bond donors (Lipinski definition) is 3. The van der Waals surface area contributed by atoms with Crippen molar-refractivity contribution in [3.63, 3.8) is 0 Å². The topological polar surface area (TPSA) is 64.1 Å². The number of nitrogens with two attached hydrogens (primary N) is 2. The zero-order valence-electron chi connectivity index (χ0n) is 10.6. The Kier molecular flexibility index (Phi) is 4.35. The van der Waals surface area contributed by atoms with Crippen LogP contribution in [0.15, 0.2) is 59.0 Å². The molecule has 0 bridgehead atoms. The molecule has 3 nitrogen and oxygen atoms in total. The van der Waals surface area contributed by atoms with E-state index < -0.39 is 0 Å². The van der Waals surface area contributed by atoms with Gasteiger partial charge in [0, 0.05) is 24.2 Å². The zero-order chi connectivity index (χ0) is 13.0. The minimum atomic E-state index is 0.575. The van der Waals surface area contributed by atoms with Crippen molar-refractivity contribution >= 4 is 0 Å². The summed E-state index contributed by atoms with van der Waals surface area (Å²) in [6.07, 6.45) is 4.14. The average molecular weight is 231 g/mol. The molecule has 0 aliphatic heterocycles. The first-order chi connectivity index (χ1) is 8.01. The van der Waals surface area contributed by atoms with E-state index in [2.05, 4.69) is 30.6 Å². The van der Waals surface area contributed by atoms with Crippen LogP contribution in [-0.4, -0.2) is 13.1 Å². The summed E-state index contributed by atoms with van der Waals surface area (Å²) in [5.41, 5.74) is 17.1. The third kappa shape index (κ3) is 2.88. The van der Waals surface area contributed by atoms with Crippen molar-refractivity contribution < 1.29 is 0 Å². The second-order valence-corrected chi connectivity index (χ2v) is 4.16. The molecule has 0 radical (unpaired) electrons. The molecule has 5 N–H and O–H groups in total. The van der Waals surface area contributed by atoms with Crippen LogP contribution in [0.5, 0.6) is 0 Å². The molecule has 1 aliphatic rings. The smallest absolute Gasteiger partial charge is 0.0657 e. The molecule has 17 heavy (non-hydrogen) atoms. The number of rotatable bonds is 5. The quantitative estimate of drug-likeness (QED) is 0.631. The monoisotopic (exact) mass is 231 g/mol. The van der Waals surface area contributed by atoms with E-state index in [-0.39, 0.29) is 0 Å². The lowest BCUT2D eigenvalue weighted by Crippen LogP contribution is -2.30. The van der Waals surface area contributed by atoms with Gasteiger partial charge in [0.15, 0.2) is 0 Å². The molecular formula is C14H21N3. The van der Waals surface area contributed by atoms with Crippen molar-refractivity contribution in [2.75, 3.05) is 13.1 Å². The minimum absolute atomic E-state index is 0.575. The van der Waals surface area contributed by atoms with Gasteiger partial charge in [-0.05, 0) is 19.4 Å². The normalized spacial score (nSPS) is 17.4. The second-order valence-electron chi connectivity index (χ2n) is 4.16. The van der Waals surface area contributed by atoms with Crippen molar-refractivity contribution in [1.29, 1.82) is 0 Å². The highest BCUT2D eigenvalue weighted by molar-refractivity contribution is 5.65. The molecule has 92 valence electrons. The fourth-order valence-corrected chi connectivity index (χ4v) is 1.57. The van der Waals surface area contributed by atoms with Crippen molar-refractivity contribution in [2.24, 2.45) is 11.5 Å². The Morgan fingerprint density at radius 3 is 2.47 bits per heavy atom. The Morgan fingerprint density at radius 2 is 2.00 bits per heavy atom. The summed E-state index contributed by atoms with van der Waals surface area (Å²) in [5, 5.41) is 3.27. The van der Waals surface area contributed by atoms with Gasteiger partial charge in [0.25, 0.3) is 0 Å². The number of allylic oxidation sites excluding steroid dienone is 3. The van der Waals surface area contributed by atoms with Crippen LogP contribution >= 0.6 is 0 Å². The fourth-order valence-electron chi connectivity index (χ4n) is 1.57. The van der Waals surface area contributed by atoms with E-state index in [0.717, 1.165) is 29.0 Å². The molecule has 1 aliphatic carbocycles. The zero-order valence-corrected chi connectivity index (χ0v) is 10.6. The van der Waals surface area contributed by atoms with E-state index in [1.165, 1.54) is 5.57 Å². The summed E-state index contributed by atoms with van der Waals surface area (Å²) in [6.45, 7) is 13.0. The van der Waals surface area contributed by atoms with Gasteiger partial charge < -0.3 is 16.8 Å². The molecule has 0 aromatic heterocycles. The predicted molar refractivity (Wildman–Crippen MR) is 74.1 cm³/mol. The van der Waals surface area contributed by atoms with Gasteiger partial charge in [-0.3, -0.25) is 0 Å². The van der Waals surface area contributed by atoms with Crippen molar-refractivity contribution in [2.45, 2.75) is 13.8 Å². The van der Waals surface area contributed by atoms with Gasteiger partial charge in [0.05, 0.1) is 11.4 Å². The van der Waals surface area contributed by atoms with Gasteiger partial charge in [0.1, 0.15) is 0 Å². The van der Waals surface area contributed by atoms with E-state index in [9.17, 15) is 0 Å². The third-order valence-electron chi connectivity index (χ3n) is 2.85. The van der Waals surface area contributed by atoms with E-state index in [0.29, 0.717) is 12.2 Å². The molecule has 0 aromatic rings. The standard InChI is InChI=1S/C14H21N3/c1-5-12(6-9(2)7-15)8-17-14-11(4)10(3)13(14)16/h5-6,17H,3-4,7-8,15-16H2,1-2H3/b9-6+,12-5+. The average Bonchev–Trinajstić information content (AvgIpc) is 2.36. The second kappa shape index (κ2) is 5.55. The molecule has 0 saturated carbocycles. The van der Waals surface area contributed by atoms with Gasteiger partial charge in [0.2, 0.25) is 0 Å². The Bertz CT molecular complexity index is 436. The first-order valence-corrected chi connectivity index (χ1v) is 5.66. The maximum atomic E-state index is 5.81. The van der Waals surface area contributed by atoms with Gasteiger partial charge in [-0.1, -0.05) is 30.9 Å². The van der Waals surface area contributed by atoms with Crippen LogP contribution in [0, 0.1) is 0 Å². The lowest BCUT2D eigenvalue weighted by atomic mass is 9.90. The Labute approximate surface area is 103 Å². The van der Waals surface area contributed by atoms with Gasteiger partial charge in [-0.25, -0.2) is 0 Å². The van der Waals surface area contributed by atoms with Crippen LogP contribution < -0.4 is 16.8 Å². The highest BCUT2D eigenvalue weighted by atomic mass is 14.9. The molecule has 0 saturated heterocycles. The van der Waals surface area contributed by atoms with E-state index >= 15 is 0 Å². The molecule has 0 aromatic carbocycles. The summed E-state index contributed by atoms with van der Waals surface area (Å²) in [5.74, 6) is 0. The molecule has 0 atom stereocenters. The Hall–Kier alpha value is -1.74. The molecule has 0 amide bonds. The van der Waals surface area contributed by atoms with Crippen molar-refractivity contribution in [3.8, 4) is 0 Å². The largest absolute Gasteiger partial charge is 0.397 e. The number of hydrogen-bond acceptors (Lipinski definition) is 3.